The molecule has 0 saturated heterocycles. The molecule has 0 radical (unpaired) electrons. The van der Waals surface area contributed by atoms with E-state index in [2.05, 4.69) is 21.6 Å². The van der Waals surface area contributed by atoms with Crippen LogP contribution in [-0.4, -0.2) is 32.1 Å². The molecule has 0 spiro atoms. The molecule has 1 heterocycles. The molecule has 114 valence electrons. The lowest BCUT2D eigenvalue weighted by Gasteiger charge is -2.35. The summed E-state index contributed by atoms with van der Waals surface area (Å²) in [6, 6.07) is 2.80. The molecule has 2 atom stereocenters. The zero-order chi connectivity index (χ0) is 14.9. The first kappa shape index (κ1) is 14.7. The summed E-state index contributed by atoms with van der Waals surface area (Å²) in [5.41, 5.74) is -0.514. The zero-order valence-corrected chi connectivity index (χ0v) is 13.1. The molecule has 1 aromatic rings. The molecule has 7 heteroatoms. The number of nitrogens with zero attached hydrogens (tertiary/aromatic N) is 3. The number of H-pyrrole nitrogens is 1. The molecule has 0 bridgehead atoms. The van der Waals surface area contributed by atoms with Crippen molar-refractivity contribution < 1.29 is 0 Å². The van der Waals surface area contributed by atoms with Crippen LogP contribution in [0.15, 0.2) is 9.95 Å². The van der Waals surface area contributed by atoms with Gasteiger partial charge in [-0.3, -0.25) is 9.88 Å². The van der Waals surface area contributed by atoms with Crippen LogP contribution in [0.5, 0.6) is 0 Å². The van der Waals surface area contributed by atoms with Crippen molar-refractivity contribution in [2.24, 2.45) is 0 Å². The van der Waals surface area contributed by atoms with E-state index < -0.39 is 5.54 Å². The standard InChI is InChI=1S/C14H21N5OS/c1-2-16-14(9-15)7-3-4-11(8-14)21-13-18-17-12(20)19(13)10-5-6-10/h10-11,16H,2-8H2,1H3,(H,17,20). The van der Waals surface area contributed by atoms with Gasteiger partial charge < -0.3 is 0 Å². The largest absolute Gasteiger partial charge is 0.344 e. The zero-order valence-electron chi connectivity index (χ0n) is 12.3. The third kappa shape index (κ3) is 3.01. The molecule has 2 N–H and O–H groups in total. The van der Waals surface area contributed by atoms with Gasteiger partial charge in [-0.2, -0.15) is 5.26 Å². The fraction of sp³-hybridized carbons (Fsp3) is 0.786. The molecule has 0 amide bonds. The lowest BCUT2D eigenvalue weighted by Crippen LogP contribution is -2.48. The molecular weight excluding hydrogens is 286 g/mol. The maximum Gasteiger partial charge on any atom is 0.344 e. The van der Waals surface area contributed by atoms with Crippen LogP contribution in [0.25, 0.3) is 0 Å². The van der Waals surface area contributed by atoms with Crippen LogP contribution < -0.4 is 11.0 Å². The van der Waals surface area contributed by atoms with Gasteiger partial charge in [-0.25, -0.2) is 9.89 Å². The SMILES string of the molecule is CCNC1(C#N)CCCC(Sc2n[nH]c(=O)n2C2CC2)C1. The Hall–Kier alpha value is -1.26. The van der Waals surface area contributed by atoms with Crippen molar-refractivity contribution in [1.82, 2.24) is 20.1 Å². The van der Waals surface area contributed by atoms with Gasteiger partial charge in [0.25, 0.3) is 0 Å². The molecule has 1 aromatic heterocycles. The van der Waals surface area contributed by atoms with Gasteiger partial charge in [0.2, 0.25) is 0 Å². The normalized spacial score (nSPS) is 29.2. The molecule has 2 aliphatic carbocycles. The number of aromatic amines is 1. The number of nitrogens with one attached hydrogen (secondary N) is 2. The van der Waals surface area contributed by atoms with Crippen molar-refractivity contribution in [2.75, 3.05) is 6.54 Å². The Labute approximate surface area is 128 Å². The molecule has 2 unspecified atom stereocenters. The van der Waals surface area contributed by atoms with Crippen LogP contribution >= 0.6 is 11.8 Å². The van der Waals surface area contributed by atoms with E-state index in [1.54, 1.807) is 16.3 Å². The van der Waals surface area contributed by atoms with Crippen molar-refractivity contribution in [2.45, 2.75) is 67.4 Å². The Bertz CT molecular complexity index is 595. The van der Waals surface area contributed by atoms with E-state index in [0.717, 1.165) is 50.2 Å². The molecule has 2 aliphatic rings. The van der Waals surface area contributed by atoms with E-state index in [0.29, 0.717) is 11.3 Å². The summed E-state index contributed by atoms with van der Waals surface area (Å²) in [7, 11) is 0. The van der Waals surface area contributed by atoms with Gasteiger partial charge >= 0.3 is 5.69 Å². The lowest BCUT2D eigenvalue weighted by molar-refractivity contribution is 0.309. The van der Waals surface area contributed by atoms with Crippen molar-refractivity contribution >= 4 is 11.8 Å². The fourth-order valence-electron chi connectivity index (χ4n) is 3.14. The van der Waals surface area contributed by atoms with Crippen molar-refractivity contribution in [3.8, 4) is 6.07 Å². The number of aromatic nitrogens is 3. The molecule has 6 nitrogen and oxygen atoms in total. The third-order valence-corrected chi connectivity index (χ3v) is 5.53. The summed E-state index contributed by atoms with van der Waals surface area (Å²) in [4.78, 5) is 11.8. The lowest BCUT2D eigenvalue weighted by atomic mass is 9.82. The molecule has 0 aromatic carbocycles. The molecular formula is C14H21N5OS. The minimum Gasteiger partial charge on any atom is -0.300 e. The van der Waals surface area contributed by atoms with Crippen LogP contribution in [-0.2, 0) is 0 Å². The maximum absolute atomic E-state index is 11.8. The van der Waals surface area contributed by atoms with Gasteiger partial charge in [0, 0.05) is 11.3 Å². The second-order valence-corrected chi connectivity index (χ2v) is 7.24. The molecule has 0 aliphatic heterocycles. The Morgan fingerprint density at radius 3 is 3.05 bits per heavy atom. The summed E-state index contributed by atoms with van der Waals surface area (Å²) in [5, 5.41) is 20.7. The first-order valence-electron chi connectivity index (χ1n) is 7.67. The highest BCUT2D eigenvalue weighted by Crippen LogP contribution is 2.40. The summed E-state index contributed by atoms with van der Waals surface area (Å²) < 4.78 is 1.79. The Kier molecular flexibility index (Phi) is 4.09. The molecule has 3 rings (SSSR count). The molecule has 2 saturated carbocycles. The quantitative estimate of drug-likeness (QED) is 0.866. The highest BCUT2D eigenvalue weighted by atomic mass is 32.2. The Balaban J connectivity index is 1.73. The number of rotatable bonds is 5. The fourth-order valence-corrected chi connectivity index (χ4v) is 4.54. The monoisotopic (exact) mass is 307 g/mol. The first-order valence-corrected chi connectivity index (χ1v) is 8.55. The summed E-state index contributed by atoms with van der Waals surface area (Å²) >= 11 is 1.65. The van der Waals surface area contributed by atoms with Crippen molar-refractivity contribution in [1.29, 1.82) is 5.26 Å². The predicted molar refractivity (Wildman–Crippen MR) is 81.3 cm³/mol. The van der Waals surface area contributed by atoms with E-state index in [1.807, 2.05) is 6.92 Å². The topological polar surface area (TPSA) is 86.5 Å². The van der Waals surface area contributed by atoms with Crippen LogP contribution in [0, 0.1) is 11.3 Å². The maximum atomic E-state index is 11.8. The third-order valence-electron chi connectivity index (χ3n) is 4.29. The number of thioether (sulfide) groups is 1. The van der Waals surface area contributed by atoms with E-state index in [9.17, 15) is 10.1 Å². The van der Waals surface area contributed by atoms with Crippen LogP contribution in [0.2, 0.25) is 0 Å². The van der Waals surface area contributed by atoms with Crippen LogP contribution in [0.3, 0.4) is 0 Å². The van der Waals surface area contributed by atoms with Gasteiger partial charge in [-0.05, 0) is 45.1 Å². The van der Waals surface area contributed by atoms with Gasteiger partial charge in [0.05, 0.1) is 6.07 Å². The van der Waals surface area contributed by atoms with Gasteiger partial charge in [-0.1, -0.05) is 18.7 Å². The van der Waals surface area contributed by atoms with Gasteiger partial charge in [-0.15, -0.1) is 5.10 Å². The number of hydrogen-bond acceptors (Lipinski definition) is 5. The number of nitriles is 1. The van der Waals surface area contributed by atoms with E-state index in [-0.39, 0.29) is 5.69 Å². The Morgan fingerprint density at radius 2 is 2.38 bits per heavy atom. The van der Waals surface area contributed by atoms with E-state index in [4.69, 9.17) is 0 Å². The average Bonchev–Trinajstić information content (AvgIpc) is 3.25. The number of hydrogen-bond donors (Lipinski definition) is 2. The second kappa shape index (κ2) is 5.85. The summed E-state index contributed by atoms with van der Waals surface area (Å²) in [6.45, 7) is 2.84. The van der Waals surface area contributed by atoms with E-state index in [1.165, 1.54) is 0 Å². The van der Waals surface area contributed by atoms with Gasteiger partial charge in [0.1, 0.15) is 5.54 Å². The molecule has 21 heavy (non-hydrogen) atoms. The summed E-state index contributed by atoms with van der Waals surface area (Å²) in [6.07, 6.45) is 5.97. The second-order valence-electron chi connectivity index (χ2n) is 5.97. The Morgan fingerprint density at radius 1 is 1.57 bits per heavy atom. The van der Waals surface area contributed by atoms with Gasteiger partial charge in [0.15, 0.2) is 5.16 Å². The van der Waals surface area contributed by atoms with Crippen molar-refractivity contribution in [3.05, 3.63) is 10.5 Å². The highest BCUT2D eigenvalue weighted by molar-refractivity contribution is 7.99. The van der Waals surface area contributed by atoms with E-state index >= 15 is 0 Å². The van der Waals surface area contributed by atoms with Crippen LogP contribution in [0.4, 0.5) is 0 Å². The van der Waals surface area contributed by atoms with Crippen LogP contribution in [0.1, 0.15) is 51.5 Å². The smallest absolute Gasteiger partial charge is 0.300 e. The first-order chi connectivity index (χ1) is 10.2. The van der Waals surface area contributed by atoms with Crippen molar-refractivity contribution in [3.63, 3.8) is 0 Å². The minimum atomic E-state index is -0.411. The molecule has 2 fully saturated rings. The highest BCUT2D eigenvalue weighted by Gasteiger charge is 2.37. The predicted octanol–water partition coefficient (Wildman–Crippen LogP) is 1.81. The average molecular weight is 307 g/mol. The minimum absolute atomic E-state index is 0.103. The summed E-state index contributed by atoms with van der Waals surface area (Å²) in [5.74, 6) is 0.